The highest BCUT2D eigenvalue weighted by Gasteiger charge is 2.28. The van der Waals surface area contributed by atoms with E-state index in [1.807, 2.05) is 45.9 Å². The number of carbonyl (C=O) groups excluding carboxylic acids is 2. The van der Waals surface area contributed by atoms with Crippen LogP contribution in [0.4, 0.5) is 5.00 Å². The maximum atomic E-state index is 13.0. The van der Waals surface area contributed by atoms with Gasteiger partial charge in [0, 0.05) is 11.1 Å². The summed E-state index contributed by atoms with van der Waals surface area (Å²) in [4.78, 5) is 27.1. The molecule has 1 atom stereocenters. The standard InChI is InChI=1S/C26H31N3O4S/c1-5-18(4)33-26(31)23-19-8-6-7-9-22(19)34-25(23)27-24(30)20-12-13-29(28-20)15-32-21-14-16(2)10-11-17(21)3/h10-14,18H,5-9,15H2,1-4H3,(H,27,30). The molecule has 1 aliphatic rings. The molecule has 3 aromatic rings. The van der Waals surface area contributed by atoms with Crippen molar-refractivity contribution in [1.82, 2.24) is 9.78 Å². The van der Waals surface area contributed by atoms with Crippen LogP contribution in [0.25, 0.3) is 0 Å². The first-order valence-electron chi connectivity index (χ1n) is 11.8. The number of hydrogen-bond donors (Lipinski definition) is 1. The Hall–Kier alpha value is -3.13. The van der Waals surface area contributed by atoms with Gasteiger partial charge in [-0.25, -0.2) is 9.48 Å². The molecule has 2 aromatic heterocycles. The van der Waals surface area contributed by atoms with E-state index in [9.17, 15) is 9.59 Å². The molecule has 34 heavy (non-hydrogen) atoms. The van der Waals surface area contributed by atoms with E-state index < -0.39 is 0 Å². The van der Waals surface area contributed by atoms with Crippen LogP contribution in [0.2, 0.25) is 0 Å². The first kappa shape index (κ1) is 24.0. The normalized spacial score (nSPS) is 13.8. The van der Waals surface area contributed by atoms with Gasteiger partial charge in [0.25, 0.3) is 5.91 Å². The van der Waals surface area contributed by atoms with Gasteiger partial charge < -0.3 is 14.8 Å². The van der Waals surface area contributed by atoms with Crippen LogP contribution >= 0.6 is 11.3 Å². The van der Waals surface area contributed by atoms with Gasteiger partial charge in [0.15, 0.2) is 12.4 Å². The molecule has 1 aromatic carbocycles. The lowest BCUT2D eigenvalue weighted by atomic mass is 9.95. The Balaban J connectivity index is 1.48. The summed E-state index contributed by atoms with van der Waals surface area (Å²) in [5.41, 5.74) is 3.94. The lowest BCUT2D eigenvalue weighted by Gasteiger charge is -2.15. The van der Waals surface area contributed by atoms with E-state index in [0.29, 0.717) is 10.6 Å². The minimum absolute atomic E-state index is 0.178. The highest BCUT2D eigenvalue weighted by Crippen LogP contribution is 2.39. The number of rotatable bonds is 8. The maximum absolute atomic E-state index is 13.0. The van der Waals surface area contributed by atoms with Crippen LogP contribution in [-0.2, 0) is 24.3 Å². The summed E-state index contributed by atoms with van der Waals surface area (Å²) >= 11 is 1.47. The van der Waals surface area contributed by atoms with Crippen molar-refractivity contribution in [3.05, 3.63) is 63.3 Å². The number of benzene rings is 1. The highest BCUT2D eigenvalue weighted by atomic mass is 32.1. The van der Waals surface area contributed by atoms with Crippen molar-refractivity contribution in [3.8, 4) is 5.75 Å². The molecule has 0 radical (unpaired) electrons. The molecule has 8 heteroatoms. The van der Waals surface area contributed by atoms with E-state index >= 15 is 0 Å². The Labute approximate surface area is 204 Å². The Kier molecular flexibility index (Phi) is 7.36. The molecule has 180 valence electrons. The fourth-order valence-corrected chi connectivity index (χ4v) is 5.19. The van der Waals surface area contributed by atoms with Crippen LogP contribution in [0.3, 0.4) is 0 Å². The van der Waals surface area contributed by atoms with Crippen LogP contribution in [0.5, 0.6) is 5.75 Å². The Morgan fingerprint density at radius 2 is 2.00 bits per heavy atom. The lowest BCUT2D eigenvalue weighted by Crippen LogP contribution is -2.19. The van der Waals surface area contributed by atoms with E-state index in [2.05, 4.69) is 10.4 Å². The largest absolute Gasteiger partial charge is 0.471 e. The molecule has 0 bridgehead atoms. The van der Waals surface area contributed by atoms with Crippen LogP contribution in [0.1, 0.15) is 75.5 Å². The van der Waals surface area contributed by atoms with Gasteiger partial charge in [-0.3, -0.25) is 4.79 Å². The number of ether oxygens (including phenoxy) is 2. The minimum atomic E-state index is -0.364. The van der Waals surface area contributed by atoms with E-state index in [1.165, 1.54) is 11.3 Å². The molecular weight excluding hydrogens is 450 g/mol. The van der Waals surface area contributed by atoms with Gasteiger partial charge in [0.05, 0.1) is 11.7 Å². The number of amides is 1. The number of thiophene rings is 1. The minimum Gasteiger partial charge on any atom is -0.471 e. The summed E-state index contributed by atoms with van der Waals surface area (Å²) in [6.45, 7) is 8.04. The Morgan fingerprint density at radius 3 is 2.79 bits per heavy atom. The van der Waals surface area contributed by atoms with Crippen LogP contribution < -0.4 is 10.1 Å². The molecule has 1 amide bonds. The van der Waals surface area contributed by atoms with E-state index in [0.717, 1.165) is 59.4 Å². The first-order chi connectivity index (χ1) is 16.4. The van der Waals surface area contributed by atoms with Gasteiger partial charge in [0.1, 0.15) is 10.8 Å². The zero-order valence-corrected chi connectivity index (χ0v) is 21.0. The van der Waals surface area contributed by atoms with Crippen molar-refractivity contribution in [2.45, 2.75) is 72.6 Å². The summed E-state index contributed by atoms with van der Waals surface area (Å²) in [6, 6.07) is 7.67. The summed E-state index contributed by atoms with van der Waals surface area (Å²) in [5, 5.41) is 7.83. The molecule has 2 heterocycles. The Bertz CT molecular complexity index is 1200. The first-order valence-corrected chi connectivity index (χ1v) is 12.6. The fraction of sp³-hybridized carbons (Fsp3) is 0.423. The van der Waals surface area contributed by atoms with Crippen molar-refractivity contribution < 1.29 is 19.1 Å². The number of carbonyl (C=O) groups is 2. The number of nitrogens with zero attached hydrogens (tertiary/aromatic N) is 2. The summed E-state index contributed by atoms with van der Waals surface area (Å²) < 4.78 is 13.1. The summed E-state index contributed by atoms with van der Waals surface area (Å²) in [7, 11) is 0. The van der Waals surface area contributed by atoms with Crippen molar-refractivity contribution >= 4 is 28.2 Å². The molecule has 1 N–H and O–H groups in total. The number of anilines is 1. The topological polar surface area (TPSA) is 82.5 Å². The van der Waals surface area contributed by atoms with Gasteiger partial charge in [-0.05, 0) is 81.7 Å². The predicted octanol–water partition coefficient (Wildman–Crippen LogP) is 5.68. The number of fused-ring (bicyclic) bond motifs is 1. The van der Waals surface area contributed by atoms with E-state index in [1.54, 1.807) is 16.9 Å². The zero-order chi connectivity index (χ0) is 24.2. The molecule has 0 fully saturated rings. The molecule has 0 aliphatic heterocycles. The van der Waals surface area contributed by atoms with Gasteiger partial charge in [-0.15, -0.1) is 11.3 Å². The van der Waals surface area contributed by atoms with Crippen molar-refractivity contribution in [1.29, 1.82) is 0 Å². The number of esters is 1. The molecule has 0 saturated carbocycles. The third-order valence-corrected chi connectivity index (χ3v) is 7.26. The molecule has 4 rings (SSSR count). The van der Waals surface area contributed by atoms with Gasteiger partial charge in [0.2, 0.25) is 0 Å². The van der Waals surface area contributed by atoms with Gasteiger partial charge in [-0.1, -0.05) is 19.1 Å². The monoisotopic (exact) mass is 481 g/mol. The predicted molar refractivity (Wildman–Crippen MR) is 133 cm³/mol. The lowest BCUT2D eigenvalue weighted by molar-refractivity contribution is 0.0335. The Morgan fingerprint density at radius 1 is 1.21 bits per heavy atom. The average Bonchev–Trinajstić information content (AvgIpc) is 3.44. The SMILES string of the molecule is CCC(C)OC(=O)c1c(NC(=O)c2ccn(COc3cc(C)ccc3C)n2)sc2c1CCCC2. The smallest absolute Gasteiger partial charge is 0.341 e. The molecule has 7 nitrogen and oxygen atoms in total. The molecular formula is C26H31N3O4S. The number of aromatic nitrogens is 2. The zero-order valence-electron chi connectivity index (χ0n) is 20.1. The van der Waals surface area contributed by atoms with Gasteiger partial charge in [-0.2, -0.15) is 5.10 Å². The highest BCUT2D eigenvalue weighted by molar-refractivity contribution is 7.17. The maximum Gasteiger partial charge on any atom is 0.341 e. The quantitative estimate of drug-likeness (QED) is 0.418. The third kappa shape index (κ3) is 5.33. The van der Waals surface area contributed by atoms with Crippen molar-refractivity contribution in [3.63, 3.8) is 0 Å². The second-order valence-corrected chi connectivity index (χ2v) is 9.88. The molecule has 0 saturated heterocycles. The number of hydrogen-bond acceptors (Lipinski definition) is 6. The van der Waals surface area contributed by atoms with Crippen LogP contribution in [0, 0.1) is 13.8 Å². The number of aryl methyl sites for hydroxylation is 3. The van der Waals surface area contributed by atoms with Crippen LogP contribution in [-0.4, -0.2) is 27.8 Å². The fourth-order valence-electron chi connectivity index (χ4n) is 3.92. The van der Waals surface area contributed by atoms with Crippen molar-refractivity contribution in [2.24, 2.45) is 0 Å². The summed E-state index contributed by atoms with van der Waals surface area (Å²) in [5.74, 6) is 0.0632. The second kappa shape index (κ2) is 10.4. The summed E-state index contributed by atoms with van der Waals surface area (Å²) in [6.07, 6.45) is 6.14. The van der Waals surface area contributed by atoms with Crippen molar-refractivity contribution in [2.75, 3.05) is 5.32 Å². The van der Waals surface area contributed by atoms with Crippen LogP contribution in [0.15, 0.2) is 30.5 Å². The average molecular weight is 482 g/mol. The molecule has 0 spiro atoms. The number of nitrogens with one attached hydrogen (secondary N) is 1. The molecule has 1 aliphatic carbocycles. The second-order valence-electron chi connectivity index (χ2n) is 8.78. The van der Waals surface area contributed by atoms with Gasteiger partial charge >= 0.3 is 5.97 Å². The third-order valence-electron chi connectivity index (χ3n) is 6.05. The van der Waals surface area contributed by atoms with E-state index in [4.69, 9.17) is 9.47 Å². The molecule has 1 unspecified atom stereocenters. The van der Waals surface area contributed by atoms with E-state index in [-0.39, 0.29) is 30.4 Å².